The molecule has 0 spiro atoms. The number of carbonyl (C=O) groups excluding carboxylic acids is 2. The summed E-state index contributed by atoms with van der Waals surface area (Å²) >= 11 is 1.32. The molecule has 0 radical (unpaired) electrons. The Morgan fingerprint density at radius 3 is 2.30 bits per heavy atom. The molecule has 2 N–H and O–H groups in total. The Balaban J connectivity index is 1.70. The summed E-state index contributed by atoms with van der Waals surface area (Å²) in [4.78, 5) is 38.5. The molecule has 1 heterocycles. The number of thiophene rings is 1. The van der Waals surface area contributed by atoms with Crippen molar-refractivity contribution >= 4 is 34.2 Å². The number of ether oxygens (including phenoxy) is 1. The molecular formula is C23H25NO5S. The number of anilines is 1. The highest BCUT2D eigenvalue weighted by atomic mass is 32.1. The Bertz CT molecular complexity index is 1010. The normalized spacial score (nSPS) is 24.6. The van der Waals surface area contributed by atoms with Crippen LogP contribution in [0, 0.1) is 37.5 Å². The maximum atomic E-state index is 13.2. The summed E-state index contributed by atoms with van der Waals surface area (Å²) < 4.78 is 5.01. The van der Waals surface area contributed by atoms with Gasteiger partial charge in [0, 0.05) is 10.4 Å². The van der Waals surface area contributed by atoms with Crippen LogP contribution in [-0.4, -0.2) is 30.1 Å². The van der Waals surface area contributed by atoms with Crippen LogP contribution in [-0.2, 0) is 14.3 Å². The van der Waals surface area contributed by atoms with Crippen molar-refractivity contribution in [3.8, 4) is 11.1 Å². The van der Waals surface area contributed by atoms with Gasteiger partial charge in [-0.25, -0.2) is 4.79 Å². The van der Waals surface area contributed by atoms with Gasteiger partial charge in [-0.3, -0.25) is 9.59 Å². The summed E-state index contributed by atoms with van der Waals surface area (Å²) in [6.07, 6.45) is 2.54. The maximum Gasteiger partial charge on any atom is 0.341 e. The Kier molecular flexibility index (Phi) is 5.40. The van der Waals surface area contributed by atoms with Crippen molar-refractivity contribution in [3.63, 3.8) is 0 Å². The van der Waals surface area contributed by atoms with Crippen LogP contribution >= 0.6 is 11.3 Å². The first-order valence-corrected chi connectivity index (χ1v) is 11.0. The minimum Gasteiger partial charge on any atom is -0.481 e. The van der Waals surface area contributed by atoms with Crippen LogP contribution in [0.4, 0.5) is 5.00 Å². The smallest absolute Gasteiger partial charge is 0.341 e. The van der Waals surface area contributed by atoms with Gasteiger partial charge in [0.05, 0.1) is 18.9 Å². The van der Waals surface area contributed by atoms with E-state index < -0.39 is 23.8 Å². The minimum absolute atomic E-state index is 0.0662. The van der Waals surface area contributed by atoms with E-state index in [2.05, 4.69) is 5.32 Å². The van der Waals surface area contributed by atoms with Crippen molar-refractivity contribution in [3.05, 3.63) is 40.3 Å². The highest BCUT2D eigenvalue weighted by molar-refractivity contribution is 7.17. The van der Waals surface area contributed by atoms with Crippen LogP contribution in [0.1, 0.15) is 40.1 Å². The summed E-state index contributed by atoms with van der Waals surface area (Å²) in [6.45, 7) is 3.89. The van der Waals surface area contributed by atoms with Crippen LogP contribution < -0.4 is 5.32 Å². The number of fused-ring (bicyclic) bond motifs is 2. The second-order valence-electron chi connectivity index (χ2n) is 8.31. The predicted molar refractivity (Wildman–Crippen MR) is 115 cm³/mol. The van der Waals surface area contributed by atoms with Gasteiger partial charge in [-0.05, 0) is 50.5 Å². The Hall–Kier alpha value is -2.67. The lowest BCUT2D eigenvalue weighted by molar-refractivity contribution is -0.148. The zero-order valence-corrected chi connectivity index (χ0v) is 18.0. The van der Waals surface area contributed by atoms with Gasteiger partial charge in [-0.15, -0.1) is 11.3 Å². The van der Waals surface area contributed by atoms with Crippen LogP contribution in [0.25, 0.3) is 11.1 Å². The lowest BCUT2D eigenvalue weighted by Gasteiger charge is -2.26. The molecule has 0 aliphatic heterocycles. The fraction of sp³-hybridized carbons (Fsp3) is 0.435. The number of hydrogen-bond acceptors (Lipinski definition) is 5. The second-order valence-corrected chi connectivity index (χ2v) is 9.53. The number of rotatable bonds is 5. The number of esters is 1. The molecule has 2 fully saturated rings. The van der Waals surface area contributed by atoms with E-state index >= 15 is 0 Å². The number of methoxy groups -OCH3 is 1. The molecule has 2 aliphatic carbocycles. The second kappa shape index (κ2) is 7.87. The molecule has 7 heteroatoms. The summed E-state index contributed by atoms with van der Waals surface area (Å²) in [6, 6.07) is 7.83. The van der Waals surface area contributed by atoms with Gasteiger partial charge < -0.3 is 15.2 Å². The molecule has 30 heavy (non-hydrogen) atoms. The van der Waals surface area contributed by atoms with Crippen LogP contribution in [0.3, 0.4) is 0 Å². The van der Waals surface area contributed by atoms with Crippen molar-refractivity contribution in [2.24, 2.45) is 23.7 Å². The summed E-state index contributed by atoms with van der Waals surface area (Å²) in [5, 5.41) is 13.0. The molecule has 158 valence electrons. The zero-order valence-electron chi connectivity index (χ0n) is 17.2. The van der Waals surface area contributed by atoms with E-state index in [9.17, 15) is 19.5 Å². The lowest BCUT2D eigenvalue weighted by Crippen LogP contribution is -2.37. The average molecular weight is 428 g/mol. The van der Waals surface area contributed by atoms with Crippen LogP contribution in [0.2, 0.25) is 0 Å². The molecule has 6 nitrogen and oxygen atoms in total. The molecule has 2 saturated carbocycles. The standard InChI is InChI=1S/C23H25NO5S/c1-11-4-6-13(7-5-11)16-12(2)30-21(19(16)23(28)29-3)24-20(25)17-14-8-9-15(10-14)18(17)22(26)27/h4-7,14-15,17-18H,8-10H2,1-3H3,(H,24,25)(H,26,27)/t14-,15-,17-,18-/m0/s1. The van der Waals surface area contributed by atoms with Gasteiger partial charge in [0.25, 0.3) is 0 Å². The van der Waals surface area contributed by atoms with E-state index in [0.717, 1.165) is 40.8 Å². The van der Waals surface area contributed by atoms with E-state index in [1.165, 1.54) is 18.4 Å². The number of amides is 1. The molecule has 4 atom stereocenters. The fourth-order valence-corrected chi connectivity index (χ4v) is 6.28. The number of carboxylic acids is 1. The third-order valence-corrected chi connectivity index (χ3v) is 7.58. The number of aryl methyl sites for hydroxylation is 2. The lowest BCUT2D eigenvalue weighted by atomic mass is 9.78. The van der Waals surface area contributed by atoms with Crippen molar-refractivity contribution < 1.29 is 24.2 Å². The highest BCUT2D eigenvalue weighted by Crippen LogP contribution is 2.53. The van der Waals surface area contributed by atoms with Gasteiger partial charge in [-0.1, -0.05) is 29.8 Å². The molecular weight excluding hydrogens is 402 g/mol. The zero-order chi connectivity index (χ0) is 21.6. The van der Waals surface area contributed by atoms with E-state index in [1.807, 2.05) is 38.1 Å². The Morgan fingerprint density at radius 2 is 1.70 bits per heavy atom. The van der Waals surface area contributed by atoms with Crippen molar-refractivity contribution in [1.82, 2.24) is 0 Å². The molecule has 4 rings (SSSR count). The number of hydrogen-bond donors (Lipinski definition) is 2. The molecule has 1 aromatic heterocycles. The Morgan fingerprint density at radius 1 is 1.07 bits per heavy atom. The molecule has 0 saturated heterocycles. The van der Waals surface area contributed by atoms with Crippen LogP contribution in [0.5, 0.6) is 0 Å². The molecule has 1 aromatic carbocycles. The van der Waals surface area contributed by atoms with Gasteiger partial charge in [0.1, 0.15) is 10.6 Å². The van der Waals surface area contributed by atoms with Crippen LogP contribution in [0.15, 0.2) is 24.3 Å². The molecule has 2 aromatic rings. The fourth-order valence-electron chi connectivity index (χ4n) is 5.22. The molecule has 2 bridgehead atoms. The van der Waals surface area contributed by atoms with Gasteiger partial charge >= 0.3 is 11.9 Å². The number of carboxylic acid groups (broad SMARTS) is 1. The average Bonchev–Trinajstić information content (AvgIpc) is 3.41. The van der Waals surface area contributed by atoms with E-state index in [4.69, 9.17) is 4.74 Å². The van der Waals surface area contributed by atoms with Crippen molar-refractivity contribution in [1.29, 1.82) is 0 Å². The molecule has 1 amide bonds. The summed E-state index contributed by atoms with van der Waals surface area (Å²) in [7, 11) is 1.32. The topological polar surface area (TPSA) is 92.7 Å². The number of benzene rings is 1. The third kappa shape index (κ3) is 3.41. The van der Waals surface area contributed by atoms with E-state index in [1.54, 1.807) is 0 Å². The Labute approximate surface area is 179 Å². The number of nitrogens with one attached hydrogen (secondary N) is 1. The monoisotopic (exact) mass is 427 g/mol. The first-order chi connectivity index (χ1) is 14.3. The van der Waals surface area contributed by atoms with E-state index in [0.29, 0.717) is 10.6 Å². The predicted octanol–water partition coefficient (Wildman–Crippen LogP) is 4.50. The molecule has 2 aliphatic rings. The summed E-state index contributed by atoms with van der Waals surface area (Å²) in [5.74, 6) is -2.78. The maximum absolute atomic E-state index is 13.2. The first kappa shape index (κ1) is 20.6. The SMILES string of the molecule is COC(=O)c1c(NC(=O)[C@H]2[C@H]3CC[C@@H](C3)[C@@H]2C(=O)O)sc(C)c1-c1ccc(C)cc1. The number of carbonyl (C=O) groups is 3. The quantitative estimate of drug-likeness (QED) is 0.685. The first-order valence-electron chi connectivity index (χ1n) is 10.1. The highest BCUT2D eigenvalue weighted by Gasteiger charge is 2.54. The largest absolute Gasteiger partial charge is 0.481 e. The van der Waals surface area contributed by atoms with Crippen molar-refractivity contribution in [2.45, 2.75) is 33.1 Å². The third-order valence-electron chi connectivity index (χ3n) is 6.56. The van der Waals surface area contributed by atoms with Gasteiger partial charge in [0.2, 0.25) is 5.91 Å². The van der Waals surface area contributed by atoms with Gasteiger partial charge in [0.15, 0.2) is 0 Å². The minimum atomic E-state index is -0.904. The summed E-state index contributed by atoms with van der Waals surface area (Å²) in [5.41, 5.74) is 3.05. The molecule has 0 unspecified atom stereocenters. The van der Waals surface area contributed by atoms with Crippen molar-refractivity contribution in [2.75, 3.05) is 12.4 Å². The van der Waals surface area contributed by atoms with E-state index in [-0.39, 0.29) is 17.7 Å². The number of aliphatic carboxylic acids is 1. The van der Waals surface area contributed by atoms with Gasteiger partial charge in [-0.2, -0.15) is 0 Å².